The minimum atomic E-state index is -0.680. The van der Waals surface area contributed by atoms with E-state index in [4.69, 9.17) is 9.47 Å². The standard InChI is InChI=1S/C17H27N3O3/c1-4-8-18-17(19-9-10-22-3)20-12-15(21)13-23-16-7-5-6-14(2)11-16/h4-7,11,15,21H,1,8-10,12-13H2,2-3H3,(H2,18,19,20)/t15-/m0/s1. The second-order valence-electron chi connectivity index (χ2n) is 5.06. The highest BCUT2D eigenvalue weighted by atomic mass is 16.5. The van der Waals surface area contributed by atoms with Crippen LogP contribution in [0.1, 0.15) is 5.56 Å². The van der Waals surface area contributed by atoms with E-state index in [0.717, 1.165) is 11.3 Å². The SMILES string of the molecule is C=CCNC(=NC[C@H](O)COc1cccc(C)c1)NCCOC. The molecule has 0 spiro atoms. The van der Waals surface area contributed by atoms with Crippen LogP contribution in [0.15, 0.2) is 41.9 Å². The second-order valence-corrected chi connectivity index (χ2v) is 5.06. The highest BCUT2D eigenvalue weighted by Gasteiger charge is 2.06. The molecule has 23 heavy (non-hydrogen) atoms. The summed E-state index contributed by atoms with van der Waals surface area (Å²) in [7, 11) is 1.64. The lowest BCUT2D eigenvalue weighted by molar-refractivity contribution is 0.114. The van der Waals surface area contributed by atoms with Crippen molar-refractivity contribution in [2.75, 3.05) is 40.0 Å². The average molecular weight is 321 g/mol. The van der Waals surface area contributed by atoms with Crippen LogP contribution in [0.25, 0.3) is 0 Å². The molecule has 0 fully saturated rings. The first-order chi connectivity index (χ1) is 11.2. The molecule has 1 atom stereocenters. The molecular formula is C17H27N3O3. The summed E-state index contributed by atoms with van der Waals surface area (Å²) in [4.78, 5) is 4.32. The van der Waals surface area contributed by atoms with Crippen molar-refractivity contribution in [3.8, 4) is 5.75 Å². The van der Waals surface area contributed by atoms with Crippen LogP contribution in [0.4, 0.5) is 0 Å². The van der Waals surface area contributed by atoms with Crippen molar-refractivity contribution >= 4 is 5.96 Å². The Bertz CT molecular complexity index is 492. The van der Waals surface area contributed by atoms with Gasteiger partial charge in [-0.3, -0.25) is 4.99 Å². The molecule has 0 aliphatic heterocycles. The molecule has 0 aliphatic rings. The number of aryl methyl sites for hydroxylation is 1. The van der Waals surface area contributed by atoms with Gasteiger partial charge < -0.3 is 25.2 Å². The Balaban J connectivity index is 2.41. The van der Waals surface area contributed by atoms with Crippen molar-refractivity contribution in [3.05, 3.63) is 42.5 Å². The summed E-state index contributed by atoms with van der Waals surface area (Å²) in [5.74, 6) is 1.35. The van der Waals surface area contributed by atoms with Gasteiger partial charge in [-0.15, -0.1) is 6.58 Å². The summed E-state index contributed by atoms with van der Waals surface area (Å²) >= 11 is 0. The minimum Gasteiger partial charge on any atom is -0.491 e. The van der Waals surface area contributed by atoms with Crippen LogP contribution < -0.4 is 15.4 Å². The molecule has 128 valence electrons. The van der Waals surface area contributed by atoms with Gasteiger partial charge in [0.1, 0.15) is 18.5 Å². The zero-order valence-electron chi connectivity index (χ0n) is 13.9. The van der Waals surface area contributed by atoms with E-state index >= 15 is 0 Å². The molecule has 0 aliphatic carbocycles. The fraction of sp³-hybridized carbons (Fsp3) is 0.471. The Morgan fingerprint density at radius 1 is 1.43 bits per heavy atom. The first-order valence-corrected chi connectivity index (χ1v) is 7.65. The third-order valence-corrected chi connectivity index (χ3v) is 2.90. The number of methoxy groups -OCH3 is 1. The lowest BCUT2D eigenvalue weighted by atomic mass is 10.2. The van der Waals surface area contributed by atoms with Gasteiger partial charge in [-0.25, -0.2) is 0 Å². The van der Waals surface area contributed by atoms with Gasteiger partial charge >= 0.3 is 0 Å². The minimum absolute atomic E-state index is 0.194. The molecule has 3 N–H and O–H groups in total. The number of hydrogen-bond acceptors (Lipinski definition) is 4. The van der Waals surface area contributed by atoms with E-state index in [-0.39, 0.29) is 13.2 Å². The number of aliphatic hydroxyl groups excluding tert-OH is 1. The quantitative estimate of drug-likeness (QED) is 0.260. The van der Waals surface area contributed by atoms with Crippen molar-refractivity contribution in [2.45, 2.75) is 13.0 Å². The fourth-order valence-electron chi connectivity index (χ4n) is 1.76. The van der Waals surface area contributed by atoms with Crippen molar-refractivity contribution in [1.29, 1.82) is 0 Å². The zero-order chi connectivity index (χ0) is 16.9. The van der Waals surface area contributed by atoms with Gasteiger partial charge in [0.05, 0.1) is 13.2 Å². The average Bonchev–Trinajstić information content (AvgIpc) is 2.55. The van der Waals surface area contributed by atoms with E-state index in [9.17, 15) is 5.11 Å². The number of ether oxygens (including phenoxy) is 2. The Labute approximate surface area is 138 Å². The van der Waals surface area contributed by atoms with Gasteiger partial charge in [0, 0.05) is 20.2 Å². The van der Waals surface area contributed by atoms with Crippen LogP contribution in [0, 0.1) is 6.92 Å². The molecule has 6 nitrogen and oxygen atoms in total. The maximum atomic E-state index is 9.99. The Kier molecular flexibility index (Phi) is 9.51. The molecule has 0 radical (unpaired) electrons. The van der Waals surface area contributed by atoms with E-state index in [0.29, 0.717) is 25.7 Å². The predicted octanol–water partition coefficient (Wildman–Crippen LogP) is 1.10. The number of nitrogens with one attached hydrogen (secondary N) is 2. The van der Waals surface area contributed by atoms with Gasteiger partial charge in [-0.1, -0.05) is 18.2 Å². The lowest BCUT2D eigenvalue weighted by Gasteiger charge is -2.14. The summed E-state index contributed by atoms with van der Waals surface area (Å²) in [5.41, 5.74) is 1.12. The number of aliphatic imine (C=N–C) groups is 1. The number of rotatable bonds is 10. The van der Waals surface area contributed by atoms with Crippen molar-refractivity contribution in [1.82, 2.24) is 10.6 Å². The number of nitrogens with zero attached hydrogens (tertiary/aromatic N) is 1. The largest absolute Gasteiger partial charge is 0.491 e. The highest BCUT2D eigenvalue weighted by Crippen LogP contribution is 2.12. The van der Waals surface area contributed by atoms with Crippen molar-refractivity contribution in [2.24, 2.45) is 4.99 Å². The van der Waals surface area contributed by atoms with E-state index in [2.05, 4.69) is 22.2 Å². The Hall–Kier alpha value is -2.05. The van der Waals surface area contributed by atoms with Gasteiger partial charge in [0.15, 0.2) is 5.96 Å². The molecule has 0 aromatic heterocycles. The number of hydrogen-bond donors (Lipinski definition) is 3. The smallest absolute Gasteiger partial charge is 0.191 e. The molecule has 1 rings (SSSR count). The molecule has 6 heteroatoms. The van der Waals surface area contributed by atoms with E-state index in [1.807, 2.05) is 31.2 Å². The van der Waals surface area contributed by atoms with Gasteiger partial charge in [0.2, 0.25) is 0 Å². The van der Waals surface area contributed by atoms with Crippen LogP contribution >= 0.6 is 0 Å². The summed E-state index contributed by atoms with van der Waals surface area (Å²) < 4.78 is 10.5. The number of aliphatic hydroxyl groups is 1. The molecule has 1 aromatic rings. The van der Waals surface area contributed by atoms with Crippen LogP contribution in [0.5, 0.6) is 5.75 Å². The Morgan fingerprint density at radius 2 is 2.26 bits per heavy atom. The first-order valence-electron chi connectivity index (χ1n) is 7.65. The summed E-state index contributed by atoms with van der Waals surface area (Å²) in [6, 6.07) is 7.72. The molecule has 0 saturated carbocycles. The maximum absolute atomic E-state index is 9.99. The fourth-order valence-corrected chi connectivity index (χ4v) is 1.76. The first kappa shape index (κ1) is 19.0. The van der Waals surface area contributed by atoms with Crippen LogP contribution in [-0.2, 0) is 4.74 Å². The van der Waals surface area contributed by atoms with Gasteiger partial charge in [-0.05, 0) is 24.6 Å². The number of guanidine groups is 1. The summed E-state index contributed by atoms with van der Waals surface area (Å²) in [6.07, 6.45) is 1.06. The predicted molar refractivity (Wildman–Crippen MR) is 93.1 cm³/mol. The monoisotopic (exact) mass is 321 g/mol. The van der Waals surface area contributed by atoms with Crippen molar-refractivity contribution < 1.29 is 14.6 Å². The molecular weight excluding hydrogens is 294 g/mol. The lowest BCUT2D eigenvalue weighted by Crippen LogP contribution is -2.40. The van der Waals surface area contributed by atoms with Crippen molar-refractivity contribution in [3.63, 3.8) is 0 Å². The van der Waals surface area contributed by atoms with E-state index in [1.165, 1.54) is 0 Å². The molecule has 0 heterocycles. The van der Waals surface area contributed by atoms with Crippen LogP contribution in [0.3, 0.4) is 0 Å². The molecule has 1 aromatic carbocycles. The Morgan fingerprint density at radius 3 is 2.96 bits per heavy atom. The van der Waals surface area contributed by atoms with Gasteiger partial charge in [0.25, 0.3) is 0 Å². The van der Waals surface area contributed by atoms with E-state index < -0.39 is 6.10 Å². The molecule has 0 saturated heterocycles. The van der Waals surface area contributed by atoms with Crippen LogP contribution in [0.2, 0.25) is 0 Å². The van der Waals surface area contributed by atoms with Crippen LogP contribution in [-0.4, -0.2) is 57.1 Å². The highest BCUT2D eigenvalue weighted by molar-refractivity contribution is 5.79. The van der Waals surface area contributed by atoms with Gasteiger partial charge in [-0.2, -0.15) is 0 Å². The zero-order valence-corrected chi connectivity index (χ0v) is 13.9. The topological polar surface area (TPSA) is 75.1 Å². The molecule has 0 unspecified atom stereocenters. The molecule has 0 bridgehead atoms. The number of benzene rings is 1. The second kappa shape index (κ2) is 11.5. The summed E-state index contributed by atoms with van der Waals surface area (Å²) in [6.45, 7) is 7.89. The maximum Gasteiger partial charge on any atom is 0.191 e. The third kappa shape index (κ3) is 8.85. The molecule has 0 amide bonds. The summed E-state index contributed by atoms with van der Waals surface area (Å²) in [5, 5.41) is 16.2. The normalized spacial score (nSPS) is 12.6. The van der Waals surface area contributed by atoms with E-state index in [1.54, 1.807) is 13.2 Å². The third-order valence-electron chi connectivity index (χ3n) is 2.90.